The van der Waals surface area contributed by atoms with E-state index in [1.54, 1.807) is 16.8 Å². The van der Waals surface area contributed by atoms with Crippen LogP contribution in [0, 0.1) is 0 Å². The average molecular weight is 505 g/mol. The van der Waals surface area contributed by atoms with Crippen LogP contribution >= 0.6 is 27.7 Å². The van der Waals surface area contributed by atoms with Gasteiger partial charge in [0.2, 0.25) is 5.16 Å². The van der Waals surface area contributed by atoms with Gasteiger partial charge in [-0.15, -0.1) is 5.10 Å². The lowest BCUT2D eigenvalue weighted by Crippen LogP contribution is -2.20. The molecule has 0 aliphatic rings. The molecule has 2 aromatic carbocycles. The van der Waals surface area contributed by atoms with Crippen molar-refractivity contribution in [2.75, 3.05) is 12.9 Å². The number of hydrogen-bond donors (Lipinski definition) is 1. The predicted octanol–water partition coefficient (Wildman–Crippen LogP) is 2.60. The number of amides is 1. The first-order chi connectivity index (χ1) is 15.0. The standard InChI is InChI=1S/C19H17BrN6O4S/c1-12(27)30-17-9-15(20)13(8-16(17)29-2)10-21-22-18(28)11-31-19-23-24-25-26(19)14-6-4-3-5-7-14/h3-10H,11H2,1-2H3,(H,22,28)/b21-10-. The average Bonchev–Trinajstić information content (AvgIpc) is 3.22. The Bertz CT molecular complexity index is 1110. The van der Waals surface area contributed by atoms with Crippen LogP contribution in [0.5, 0.6) is 11.5 Å². The molecule has 1 heterocycles. The van der Waals surface area contributed by atoms with E-state index in [2.05, 4.69) is 42.0 Å². The molecule has 3 rings (SSSR count). The minimum atomic E-state index is -0.463. The lowest BCUT2D eigenvalue weighted by Gasteiger charge is -2.10. The predicted molar refractivity (Wildman–Crippen MR) is 118 cm³/mol. The fraction of sp³-hybridized carbons (Fsp3) is 0.158. The maximum Gasteiger partial charge on any atom is 0.308 e. The van der Waals surface area contributed by atoms with Gasteiger partial charge >= 0.3 is 5.97 Å². The molecule has 1 aromatic heterocycles. The van der Waals surface area contributed by atoms with Crippen molar-refractivity contribution in [1.29, 1.82) is 0 Å². The second-order valence-electron chi connectivity index (χ2n) is 5.91. The number of esters is 1. The van der Waals surface area contributed by atoms with E-state index in [1.165, 1.54) is 32.0 Å². The molecule has 0 aliphatic carbocycles. The Morgan fingerprint density at radius 2 is 2.03 bits per heavy atom. The zero-order valence-electron chi connectivity index (χ0n) is 16.5. The Kier molecular flexibility index (Phi) is 7.73. The molecule has 0 bridgehead atoms. The van der Waals surface area contributed by atoms with Crippen LogP contribution in [0.2, 0.25) is 0 Å². The number of nitrogens with zero attached hydrogens (tertiary/aromatic N) is 5. The number of carbonyl (C=O) groups is 2. The molecule has 0 fully saturated rings. The van der Waals surface area contributed by atoms with Gasteiger partial charge in [-0.1, -0.05) is 30.0 Å². The van der Waals surface area contributed by atoms with E-state index in [4.69, 9.17) is 9.47 Å². The van der Waals surface area contributed by atoms with Gasteiger partial charge in [-0.25, -0.2) is 5.43 Å². The van der Waals surface area contributed by atoms with Crippen LogP contribution in [0.25, 0.3) is 5.69 Å². The fourth-order valence-corrected chi connectivity index (χ4v) is 3.49. The van der Waals surface area contributed by atoms with Crippen LogP contribution < -0.4 is 14.9 Å². The summed E-state index contributed by atoms with van der Waals surface area (Å²) in [4.78, 5) is 23.3. The highest BCUT2D eigenvalue weighted by atomic mass is 79.9. The van der Waals surface area contributed by atoms with Crippen molar-refractivity contribution in [1.82, 2.24) is 25.6 Å². The highest BCUT2D eigenvalue weighted by Crippen LogP contribution is 2.33. The number of methoxy groups -OCH3 is 1. The van der Waals surface area contributed by atoms with Gasteiger partial charge in [0.1, 0.15) is 0 Å². The van der Waals surface area contributed by atoms with Crippen LogP contribution in [-0.2, 0) is 9.59 Å². The number of hydrazone groups is 1. The highest BCUT2D eigenvalue weighted by Gasteiger charge is 2.13. The maximum absolute atomic E-state index is 12.1. The Morgan fingerprint density at radius 3 is 2.74 bits per heavy atom. The van der Waals surface area contributed by atoms with Gasteiger partial charge in [-0.3, -0.25) is 9.59 Å². The fourth-order valence-electron chi connectivity index (χ4n) is 2.38. The van der Waals surface area contributed by atoms with Crippen LogP contribution in [0.4, 0.5) is 0 Å². The number of nitrogens with one attached hydrogen (secondary N) is 1. The zero-order valence-corrected chi connectivity index (χ0v) is 18.9. The number of aromatic nitrogens is 4. The van der Waals surface area contributed by atoms with Crippen molar-refractivity contribution in [3.05, 3.63) is 52.5 Å². The van der Waals surface area contributed by atoms with Gasteiger partial charge in [0.25, 0.3) is 5.91 Å². The van der Waals surface area contributed by atoms with Crippen molar-refractivity contribution >= 4 is 45.8 Å². The first-order valence-corrected chi connectivity index (χ1v) is 10.6. The van der Waals surface area contributed by atoms with Gasteiger partial charge in [-0.2, -0.15) is 9.78 Å². The Balaban J connectivity index is 1.59. The minimum absolute atomic E-state index is 0.0699. The van der Waals surface area contributed by atoms with E-state index in [0.29, 0.717) is 20.9 Å². The summed E-state index contributed by atoms with van der Waals surface area (Å²) in [6.07, 6.45) is 1.45. The Hall–Kier alpha value is -3.25. The molecule has 0 aliphatic heterocycles. The summed E-state index contributed by atoms with van der Waals surface area (Å²) in [5, 5.41) is 16.0. The largest absolute Gasteiger partial charge is 0.493 e. The number of hydrogen-bond acceptors (Lipinski definition) is 9. The van der Waals surface area contributed by atoms with Crippen molar-refractivity contribution in [3.8, 4) is 17.2 Å². The summed E-state index contributed by atoms with van der Waals surface area (Å²) in [6, 6.07) is 12.6. The smallest absolute Gasteiger partial charge is 0.308 e. The van der Waals surface area contributed by atoms with Crippen LogP contribution in [0.15, 0.2) is 57.2 Å². The molecule has 0 unspecified atom stereocenters. The topological polar surface area (TPSA) is 121 Å². The van der Waals surface area contributed by atoms with E-state index in [9.17, 15) is 9.59 Å². The number of benzene rings is 2. The van der Waals surface area contributed by atoms with Crippen LogP contribution in [0.3, 0.4) is 0 Å². The second kappa shape index (κ2) is 10.7. The van der Waals surface area contributed by atoms with Gasteiger partial charge < -0.3 is 9.47 Å². The molecular weight excluding hydrogens is 488 g/mol. The molecule has 0 atom stereocenters. The Morgan fingerprint density at radius 1 is 1.26 bits per heavy atom. The molecule has 0 spiro atoms. The summed E-state index contributed by atoms with van der Waals surface area (Å²) in [6.45, 7) is 1.30. The van der Waals surface area contributed by atoms with Crippen molar-refractivity contribution in [2.24, 2.45) is 5.10 Å². The molecule has 0 radical (unpaired) electrons. The first kappa shape index (κ1) is 22.4. The van der Waals surface area contributed by atoms with Crippen LogP contribution in [-0.4, -0.2) is 51.2 Å². The normalized spacial score (nSPS) is 10.8. The highest BCUT2D eigenvalue weighted by molar-refractivity contribution is 9.10. The molecule has 0 saturated heterocycles. The molecule has 1 amide bonds. The third kappa shape index (κ3) is 6.12. The molecule has 0 saturated carbocycles. The second-order valence-corrected chi connectivity index (χ2v) is 7.71. The van der Waals surface area contributed by atoms with E-state index in [-0.39, 0.29) is 17.4 Å². The molecular formula is C19H17BrN6O4S. The van der Waals surface area contributed by atoms with E-state index in [1.807, 2.05) is 30.3 Å². The number of tetrazole rings is 1. The maximum atomic E-state index is 12.1. The SMILES string of the molecule is COc1cc(/C=N\NC(=O)CSc2nnnn2-c2ccccc2)c(Br)cc1OC(C)=O. The lowest BCUT2D eigenvalue weighted by molar-refractivity contribution is -0.132. The number of rotatable bonds is 8. The van der Waals surface area contributed by atoms with E-state index >= 15 is 0 Å². The lowest BCUT2D eigenvalue weighted by atomic mass is 10.2. The van der Waals surface area contributed by atoms with Gasteiger partial charge in [0, 0.05) is 17.0 Å². The van der Waals surface area contributed by atoms with Gasteiger partial charge in [-0.05, 0) is 50.6 Å². The van der Waals surface area contributed by atoms with E-state index in [0.717, 1.165) is 5.69 Å². The third-order valence-corrected chi connectivity index (χ3v) is 5.31. The number of para-hydroxylation sites is 1. The molecule has 10 nitrogen and oxygen atoms in total. The zero-order chi connectivity index (χ0) is 22.2. The van der Waals surface area contributed by atoms with Gasteiger partial charge in [0.05, 0.1) is 24.8 Å². The van der Waals surface area contributed by atoms with E-state index < -0.39 is 5.97 Å². The quantitative estimate of drug-likeness (QED) is 0.163. The van der Waals surface area contributed by atoms with Gasteiger partial charge in [0.15, 0.2) is 11.5 Å². The Labute approximate surface area is 190 Å². The molecule has 12 heteroatoms. The number of carbonyl (C=O) groups excluding carboxylic acids is 2. The van der Waals surface area contributed by atoms with Crippen molar-refractivity contribution in [2.45, 2.75) is 12.1 Å². The molecule has 3 aromatic rings. The summed E-state index contributed by atoms with van der Waals surface area (Å²) in [5.74, 6) is -0.0938. The van der Waals surface area contributed by atoms with Crippen LogP contribution in [0.1, 0.15) is 12.5 Å². The minimum Gasteiger partial charge on any atom is -0.493 e. The number of halogens is 1. The summed E-state index contributed by atoms with van der Waals surface area (Å²) >= 11 is 4.56. The number of thioether (sulfide) groups is 1. The summed E-state index contributed by atoms with van der Waals surface area (Å²) in [5.41, 5.74) is 3.86. The third-order valence-electron chi connectivity index (χ3n) is 3.70. The van der Waals surface area contributed by atoms with Crippen molar-refractivity contribution in [3.63, 3.8) is 0 Å². The number of ether oxygens (including phenoxy) is 2. The molecule has 160 valence electrons. The molecule has 31 heavy (non-hydrogen) atoms. The molecule has 1 N–H and O–H groups in total. The summed E-state index contributed by atoms with van der Waals surface area (Å²) in [7, 11) is 1.46. The van der Waals surface area contributed by atoms with Crippen molar-refractivity contribution < 1.29 is 19.1 Å². The monoisotopic (exact) mass is 504 g/mol. The summed E-state index contributed by atoms with van der Waals surface area (Å²) < 4.78 is 12.5. The first-order valence-electron chi connectivity index (χ1n) is 8.82.